The maximum absolute atomic E-state index is 12.5. The fourth-order valence-electron chi connectivity index (χ4n) is 3.72. The minimum Gasteiger partial charge on any atom is -0.463 e. The van der Waals surface area contributed by atoms with E-state index in [9.17, 15) is 9.59 Å². The van der Waals surface area contributed by atoms with Crippen molar-refractivity contribution in [1.82, 2.24) is 5.01 Å². The second-order valence-electron chi connectivity index (χ2n) is 7.38. The molecule has 2 aliphatic heterocycles. The van der Waals surface area contributed by atoms with E-state index in [1.165, 1.54) is 6.08 Å². The third kappa shape index (κ3) is 4.38. The van der Waals surface area contributed by atoms with Crippen molar-refractivity contribution in [3.05, 3.63) is 81.4 Å². The fraction of sp³-hybridized carbons (Fsp3) is 0.167. The smallest absolute Gasteiger partial charge is 0.332 e. The van der Waals surface area contributed by atoms with E-state index in [4.69, 9.17) is 14.3 Å². The number of carbonyl (C=O) groups excluding carboxylic acids is 2. The Morgan fingerprint density at radius 1 is 1.27 bits per heavy atom. The van der Waals surface area contributed by atoms with Gasteiger partial charge in [-0.1, -0.05) is 46.3 Å². The summed E-state index contributed by atoms with van der Waals surface area (Å²) in [7, 11) is 0. The van der Waals surface area contributed by atoms with Crippen LogP contribution in [0.5, 0.6) is 0 Å². The van der Waals surface area contributed by atoms with E-state index < -0.39 is 11.9 Å². The van der Waals surface area contributed by atoms with Crippen LogP contribution in [0.1, 0.15) is 30.7 Å². The van der Waals surface area contributed by atoms with E-state index in [-0.39, 0.29) is 17.6 Å². The minimum atomic E-state index is -0.568. The number of aliphatic imine (C=N–C) groups is 1. The normalized spacial score (nSPS) is 19.3. The highest BCUT2D eigenvalue weighted by Crippen LogP contribution is 2.40. The number of para-hydroxylation sites is 1. The first-order chi connectivity index (χ1) is 16.0. The van der Waals surface area contributed by atoms with Crippen molar-refractivity contribution in [2.24, 2.45) is 10.1 Å². The Labute approximate surface area is 202 Å². The first kappa shape index (κ1) is 21.7. The molecule has 1 atom stereocenters. The number of ether oxygens (including phenoxy) is 1. The number of esters is 1. The van der Waals surface area contributed by atoms with Gasteiger partial charge in [0.15, 0.2) is 10.9 Å². The molecule has 2 aromatic carbocycles. The van der Waals surface area contributed by atoms with Gasteiger partial charge in [-0.2, -0.15) is 10.1 Å². The van der Waals surface area contributed by atoms with Gasteiger partial charge in [0.1, 0.15) is 11.3 Å². The Hall–Kier alpha value is -3.17. The van der Waals surface area contributed by atoms with E-state index in [0.29, 0.717) is 17.3 Å². The number of thioether (sulfide) groups is 1. The maximum atomic E-state index is 12.5. The number of hydrazone groups is 1. The summed E-state index contributed by atoms with van der Waals surface area (Å²) < 4.78 is 11.9. The molecule has 33 heavy (non-hydrogen) atoms. The van der Waals surface area contributed by atoms with Gasteiger partial charge in [0, 0.05) is 22.4 Å². The second kappa shape index (κ2) is 8.99. The van der Waals surface area contributed by atoms with Crippen LogP contribution in [0.25, 0.3) is 11.0 Å². The van der Waals surface area contributed by atoms with Gasteiger partial charge in [-0.25, -0.2) is 9.80 Å². The number of amides is 1. The SMILES string of the molecule is CCOC(=O)/C=C1/SC(N2N=C(c3cc4ccccc4o3)CC2c2cccc(Br)c2)=NC1=O. The molecule has 9 heteroatoms. The summed E-state index contributed by atoms with van der Waals surface area (Å²) >= 11 is 4.64. The van der Waals surface area contributed by atoms with Gasteiger partial charge in [-0.05, 0) is 48.5 Å². The lowest BCUT2D eigenvalue weighted by Gasteiger charge is -2.22. The molecule has 5 rings (SSSR count). The van der Waals surface area contributed by atoms with Gasteiger partial charge >= 0.3 is 5.97 Å². The number of hydrogen-bond acceptors (Lipinski definition) is 7. The first-order valence-electron chi connectivity index (χ1n) is 10.3. The molecule has 1 aromatic heterocycles. The third-order valence-electron chi connectivity index (χ3n) is 5.19. The average molecular weight is 524 g/mol. The molecule has 0 radical (unpaired) electrons. The number of furan rings is 1. The maximum Gasteiger partial charge on any atom is 0.332 e. The highest BCUT2D eigenvalue weighted by molar-refractivity contribution is 9.10. The highest BCUT2D eigenvalue weighted by Gasteiger charge is 2.37. The molecule has 0 bridgehead atoms. The number of amidine groups is 1. The lowest BCUT2D eigenvalue weighted by molar-refractivity contribution is -0.137. The summed E-state index contributed by atoms with van der Waals surface area (Å²) in [5.41, 5.74) is 2.56. The highest BCUT2D eigenvalue weighted by atomic mass is 79.9. The number of halogens is 1. The van der Waals surface area contributed by atoms with Crippen molar-refractivity contribution in [3.63, 3.8) is 0 Å². The van der Waals surface area contributed by atoms with Crippen LogP contribution in [-0.4, -0.2) is 34.4 Å². The van der Waals surface area contributed by atoms with Gasteiger partial charge in [0.2, 0.25) is 0 Å². The molecule has 2 aliphatic rings. The molecule has 0 aliphatic carbocycles. The summed E-state index contributed by atoms with van der Waals surface area (Å²) in [6, 6.07) is 17.5. The van der Waals surface area contributed by atoms with Gasteiger partial charge in [-0.15, -0.1) is 0 Å². The monoisotopic (exact) mass is 523 g/mol. The van der Waals surface area contributed by atoms with Crippen LogP contribution in [0, 0.1) is 0 Å². The Kier molecular flexibility index (Phi) is 5.90. The standard InChI is InChI=1S/C24H18BrN3O4S/c1-2-31-22(29)13-21-23(30)26-24(33-21)28-18(14-7-5-8-16(25)10-14)12-17(27-28)20-11-15-6-3-4-9-19(15)32-20/h3-11,13,18H,2,12H2,1H3/b21-13+. The molecule has 0 spiro atoms. The van der Waals surface area contributed by atoms with Crippen LogP contribution >= 0.6 is 27.7 Å². The molecule has 166 valence electrons. The molecular formula is C24H18BrN3O4S. The van der Waals surface area contributed by atoms with Crippen molar-refractivity contribution in [1.29, 1.82) is 0 Å². The van der Waals surface area contributed by atoms with Crippen molar-refractivity contribution >= 4 is 61.4 Å². The fourth-order valence-corrected chi connectivity index (χ4v) is 5.01. The molecule has 0 N–H and O–H groups in total. The molecule has 7 nitrogen and oxygen atoms in total. The van der Waals surface area contributed by atoms with Crippen molar-refractivity contribution < 1.29 is 18.7 Å². The van der Waals surface area contributed by atoms with Crippen LogP contribution in [0.4, 0.5) is 0 Å². The summed E-state index contributed by atoms with van der Waals surface area (Å²) in [5.74, 6) is -0.374. The van der Waals surface area contributed by atoms with E-state index in [2.05, 4.69) is 20.9 Å². The average Bonchev–Trinajstić information content (AvgIpc) is 3.50. The Morgan fingerprint density at radius 3 is 2.91 bits per heavy atom. The molecule has 0 saturated carbocycles. The Morgan fingerprint density at radius 2 is 2.12 bits per heavy atom. The Bertz CT molecular complexity index is 1330. The van der Waals surface area contributed by atoms with Gasteiger partial charge in [-0.3, -0.25) is 4.79 Å². The van der Waals surface area contributed by atoms with Crippen LogP contribution < -0.4 is 0 Å². The number of rotatable bonds is 4. The third-order valence-corrected chi connectivity index (χ3v) is 6.66. The van der Waals surface area contributed by atoms with Crippen molar-refractivity contribution in [3.8, 4) is 0 Å². The first-order valence-corrected chi connectivity index (χ1v) is 11.9. The van der Waals surface area contributed by atoms with Gasteiger partial charge < -0.3 is 9.15 Å². The zero-order chi connectivity index (χ0) is 22.9. The predicted molar refractivity (Wildman–Crippen MR) is 131 cm³/mol. The second-order valence-corrected chi connectivity index (χ2v) is 9.30. The summed E-state index contributed by atoms with van der Waals surface area (Å²) in [6.07, 6.45) is 1.75. The topological polar surface area (TPSA) is 84.5 Å². The van der Waals surface area contributed by atoms with Crippen LogP contribution in [0.2, 0.25) is 0 Å². The summed E-state index contributed by atoms with van der Waals surface area (Å²) in [4.78, 5) is 28.7. The van der Waals surface area contributed by atoms with E-state index in [1.54, 1.807) is 11.9 Å². The quantitative estimate of drug-likeness (QED) is 0.335. The lowest BCUT2D eigenvalue weighted by atomic mass is 10.0. The molecule has 0 saturated heterocycles. The zero-order valence-electron chi connectivity index (χ0n) is 17.5. The van der Waals surface area contributed by atoms with E-state index in [0.717, 1.165) is 38.5 Å². The minimum absolute atomic E-state index is 0.188. The van der Waals surface area contributed by atoms with Crippen molar-refractivity contribution in [2.75, 3.05) is 6.61 Å². The van der Waals surface area contributed by atoms with Crippen molar-refractivity contribution in [2.45, 2.75) is 19.4 Å². The molecule has 1 amide bonds. The largest absolute Gasteiger partial charge is 0.463 e. The summed E-state index contributed by atoms with van der Waals surface area (Å²) in [5, 5.41) is 7.94. The summed E-state index contributed by atoms with van der Waals surface area (Å²) in [6.45, 7) is 1.94. The zero-order valence-corrected chi connectivity index (χ0v) is 19.9. The molecule has 1 unspecified atom stereocenters. The number of benzene rings is 2. The number of carbonyl (C=O) groups is 2. The van der Waals surface area contributed by atoms with E-state index >= 15 is 0 Å². The number of nitrogens with zero attached hydrogens (tertiary/aromatic N) is 3. The van der Waals surface area contributed by atoms with Crippen LogP contribution in [0.15, 0.2) is 84.6 Å². The lowest BCUT2D eigenvalue weighted by Crippen LogP contribution is -2.23. The van der Waals surface area contributed by atoms with Crippen LogP contribution in [0.3, 0.4) is 0 Å². The molecule has 3 aromatic rings. The number of hydrogen-bond donors (Lipinski definition) is 0. The van der Waals surface area contributed by atoms with Crippen LogP contribution in [-0.2, 0) is 14.3 Å². The van der Waals surface area contributed by atoms with E-state index in [1.807, 2.05) is 54.6 Å². The molecule has 3 heterocycles. The molecule has 0 fully saturated rings. The number of fused-ring (bicyclic) bond motifs is 1. The predicted octanol–water partition coefficient (Wildman–Crippen LogP) is 5.42. The Balaban J connectivity index is 1.51. The van der Waals surface area contributed by atoms with Gasteiger partial charge in [0.25, 0.3) is 5.91 Å². The molecular weight excluding hydrogens is 506 g/mol. The van der Waals surface area contributed by atoms with Gasteiger partial charge in [0.05, 0.1) is 17.6 Å².